The van der Waals surface area contributed by atoms with Crippen LogP contribution in [-0.2, 0) is 0 Å². The highest BCUT2D eigenvalue weighted by atomic mass is 16.5. The van der Waals surface area contributed by atoms with Crippen LogP contribution in [0.15, 0.2) is 385 Å². The van der Waals surface area contributed by atoms with Crippen LogP contribution in [0.2, 0.25) is 0 Å². The second-order valence-corrected chi connectivity index (χ2v) is 36.8. The third kappa shape index (κ3) is 13.5. The van der Waals surface area contributed by atoms with Gasteiger partial charge in [0.25, 0.3) is 20.1 Å². The van der Waals surface area contributed by atoms with Gasteiger partial charge in [0.2, 0.25) is 0 Å². The number of rotatable bonds is 11. The van der Waals surface area contributed by atoms with Gasteiger partial charge in [-0.25, -0.2) is 0 Å². The molecule has 0 saturated heterocycles. The highest BCUT2D eigenvalue weighted by molar-refractivity contribution is 6.99. The first-order valence-corrected chi connectivity index (χ1v) is 46.3. The lowest BCUT2D eigenvalue weighted by Crippen LogP contribution is -2.57. The van der Waals surface area contributed by atoms with E-state index in [1.807, 2.05) is 36.4 Å². The summed E-state index contributed by atoms with van der Waals surface area (Å²) in [5, 5.41) is 9.16. The Morgan fingerprint density at radius 2 is 0.530 bits per heavy atom. The van der Waals surface area contributed by atoms with Gasteiger partial charge in [0.1, 0.15) is 80.2 Å². The van der Waals surface area contributed by atoms with Gasteiger partial charge < -0.3 is 52.0 Å². The van der Waals surface area contributed by atoms with Gasteiger partial charge in [-0.05, 0) is 225 Å². The van der Waals surface area contributed by atoms with Crippen LogP contribution >= 0.6 is 0 Å². The topological polar surface area (TPSA) is 91.4 Å². The summed E-state index contributed by atoms with van der Waals surface area (Å²) in [6, 6.07) is 133. The fourth-order valence-corrected chi connectivity index (χ4v) is 20.9. The molecule has 2 aromatic heterocycles. The molecule has 0 radical (unpaired) electrons. The SMILES string of the molecule is CC(C)c1ccc2c(c1)Oc1cc(N(c3ccc4ccccc4c3)c3ccc4ccccc4c3)cc3c1B2c1ccc(C(C)C)cc1O3.Cc1ccc2c(c1)B1c3cc(C)ccc3Oc3cc(N(c4ccccc4)c4cccc5c4oc4ccccc45)cc(c31)O2.Cc1ccc2c(c1)Oc1cc(N(c3ccccc3)c3cccc4c3oc3ccccc34)cc3c1B2c1ccc(C)cc1O3. The van der Waals surface area contributed by atoms with Crippen molar-refractivity contribution in [2.24, 2.45) is 0 Å². The lowest BCUT2D eigenvalue weighted by molar-refractivity contribution is 0.463. The molecule has 11 nitrogen and oxygen atoms in total. The van der Waals surface area contributed by atoms with Gasteiger partial charge in [0, 0.05) is 97.1 Å². The maximum atomic E-state index is 6.89. The zero-order valence-electron chi connectivity index (χ0n) is 75.3. The van der Waals surface area contributed by atoms with E-state index < -0.39 is 0 Å². The number of anilines is 9. The quantitative estimate of drug-likeness (QED) is 0.116. The monoisotopic (exact) mass is 1730 g/mol. The summed E-state index contributed by atoms with van der Waals surface area (Å²) >= 11 is 0. The van der Waals surface area contributed by atoms with E-state index in [1.54, 1.807) is 0 Å². The van der Waals surface area contributed by atoms with E-state index in [9.17, 15) is 0 Å². The summed E-state index contributed by atoms with van der Waals surface area (Å²) in [5.41, 5.74) is 29.8. The van der Waals surface area contributed by atoms with Crippen molar-refractivity contribution in [2.75, 3.05) is 14.7 Å². The van der Waals surface area contributed by atoms with E-state index in [1.165, 1.54) is 65.6 Å². The standard InChI is InChI=1S/C44H36BNO2.2C38H26BNO3/c1-27(2)31-15-19-38-40(23-31)47-42-25-37(26-43-44(42)45(38)39-20-16-32(28(3)4)24-41(39)48-43)46(35-17-13-29-9-5-7-11-33(29)21-35)36-18-14-30-10-6-8-12-34(30)22-36;1-23-15-17-33-29(19-23)39-30-20-24(2)16-18-34(30)42-36-22-26(21-35(41-33)37(36)39)40(25-9-4-3-5-10-25)31-13-8-12-28-27-11-6-7-14-32(27)43-38(28)31;1-23-15-17-29-33(19-23)41-35-21-26(22-36-37(35)39(29)30-18-16-24(2)20-34(30)42-36)40(25-9-4-3-5-10-25)31-13-8-12-28-27-11-6-7-14-32(27)43-38(28)31/h5-28H,1-4H3;2*3-22H,1-2H3. The molecule has 0 saturated carbocycles. The van der Waals surface area contributed by atoms with E-state index >= 15 is 0 Å². The van der Waals surface area contributed by atoms with E-state index in [2.05, 4.69) is 410 Å². The molecule has 0 unspecified atom stereocenters. The molecule has 14 heteroatoms. The van der Waals surface area contributed by atoms with Crippen LogP contribution in [0.3, 0.4) is 0 Å². The Kier molecular flexibility index (Phi) is 18.9. The lowest BCUT2D eigenvalue weighted by Gasteiger charge is -2.35. The van der Waals surface area contributed by atoms with E-state index in [-0.39, 0.29) is 20.1 Å². The van der Waals surface area contributed by atoms with Crippen LogP contribution < -0.4 is 92.3 Å². The van der Waals surface area contributed by atoms with Gasteiger partial charge in [-0.1, -0.05) is 269 Å². The van der Waals surface area contributed by atoms with Crippen LogP contribution in [0, 0.1) is 27.7 Å². The van der Waals surface area contributed by atoms with Crippen LogP contribution in [0.1, 0.15) is 72.9 Å². The Morgan fingerprint density at radius 1 is 0.209 bits per heavy atom. The van der Waals surface area contributed by atoms with E-state index in [4.69, 9.17) is 37.3 Å². The predicted molar refractivity (Wildman–Crippen MR) is 553 cm³/mol. The lowest BCUT2D eigenvalue weighted by atomic mass is 9.34. The molecule has 6 aliphatic rings. The molecule has 0 aliphatic carbocycles. The van der Waals surface area contributed by atoms with Crippen molar-refractivity contribution in [3.05, 3.63) is 409 Å². The predicted octanol–water partition coefficient (Wildman–Crippen LogP) is 27.2. The molecule has 19 aromatic carbocycles. The minimum absolute atomic E-state index is 0.0220. The second-order valence-electron chi connectivity index (χ2n) is 36.8. The van der Waals surface area contributed by atoms with Gasteiger partial charge in [0.15, 0.2) is 11.2 Å². The molecule has 6 aliphatic heterocycles. The Labute approximate surface area is 778 Å². The maximum absolute atomic E-state index is 6.89. The fourth-order valence-electron chi connectivity index (χ4n) is 20.9. The van der Waals surface area contributed by atoms with Gasteiger partial charge in [-0.3, -0.25) is 0 Å². The summed E-state index contributed by atoms with van der Waals surface area (Å²) in [6.45, 7) is 17.5. The molecule has 0 bridgehead atoms. The van der Waals surface area contributed by atoms with Gasteiger partial charge in [-0.15, -0.1) is 0 Å². The molecule has 134 heavy (non-hydrogen) atoms. The fraction of sp³-hybridized carbons (Fsp3) is 0.0833. The zero-order chi connectivity index (χ0) is 89.8. The Hall–Kier alpha value is -16.3. The largest absolute Gasteiger partial charge is 0.458 e. The van der Waals surface area contributed by atoms with Crippen LogP contribution in [0.5, 0.6) is 69.0 Å². The van der Waals surface area contributed by atoms with Crippen LogP contribution in [0.25, 0.3) is 65.4 Å². The molecule has 0 spiro atoms. The Morgan fingerprint density at radius 3 is 0.933 bits per heavy atom. The molecule has 0 atom stereocenters. The normalized spacial score (nSPS) is 12.8. The summed E-state index contributed by atoms with van der Waals surface area (Å²) in [4.78, 5) is 6.80. The average Bonchev–Trinajstić information content (AvgIpc) is 0.958. The molecule has 8 heterocycles. The smallest absolute Gasteiger partial charge is 0.260 e. The highest BCUT2D eigenvalue weighted by Gasteiger charge is 2.45. The summed E-state index contributed by atoms with van der Waals surface area (Å²) in [7, 11) is 0. The first-order chi connectivity index (χ1) is 65.6. The zero-order valence-corrected chi connectivity index (χ0v) is 75.3. The first-order valence-electron chi connectivity index (χ1n) is 46.3. The van der Waals surface area contributed by atoms with Gasteiger partial charge in [0.05, 0.1) is 28.4 Å². The van der Waals surface area contributed by atoms with Gasteiger partial charge in [-0.2, -0.15) is 0 Å². The van der Waals surface area contributed by atoms with Crippen molar-refractivity contribution in [2.45, 2.75) is 67.2 Å². The number of ether oxygens (including phenoxy) is 6. The minimum atomic E-state index is 0.0220. The third-order valence-corrected chi connectivity index (χ3v) is 27.4. The molecular formula is C120H88B3N3O8. The van der Waals surface area contributed by atoms with Gasteiger partial charge >= 0.3 is 0 Å². The summed E-state index contributed by atoms with van der Waals surface area (Å²) < 4.78 is 53.6. The number of para-hydroxylation sites is 6. The summed E-state index contributed by atoms with van der Waals surface area (Å²) in [6.07, 6.45) is 0. The number of furan rings is 2. The first kappa shape index (κ1) is 79.8. The molecule has 640 valence electrons. The molecular weight excluding hydrogens is 1640 g/mol. The van der Waals surface area contributed by atoms with E-state index in [0.29, 0.717) is 11.8 Å². The van der Waals surface area contributed by atoms with Crippen molar-refractivity contribution in [1.29, 1.82) is 0 Å². The van der Waals surface area contributed by atoms with E-state index in [0.717, 1.165) is 202 Å². The molecule has 0 fully saturated rings. The maximum Gasteiger partial charge on any atom is 0.260 e. The number of fused-ring (bicyclic) bond motifs is 20. The summed E-state index contributed by atoms with van der Waals surface area (Å²) in [5.74, 6) is 11.1. The Balaban J connectivity index is 0.000000108. The molecule has 27 rings (SSSR count). The number of aryl methyl sites for hydroxylation is 4. The van der Waals surface area contributed by atoms with Crippen molar-refractivity contribution in [3.63, 3.8) is 0 Å². The molecule has 21 aromatic rings. The second kappa shape index (κ2) is 31.8. The highest BCUT2D eigenvalue weighted by Crippen LogP contribution is 2.51. The van der Waals surface area contributed by atoms with Crippen LogP contribution in [-0.4, -0.2) is 20.1 Å². The third-order valence-electron chi connectivity index (χ3n) is 27.4. The Bertz CT molecular complexity index is 8100. The van der Waals surface area contributed by atoms with Crippen molar-refractivity contribution in [1.82, 2.24) is 0 Å². The van der Waals surface area contributed by atoms with Crippen molar-refractivity contribution in [3.8, 4) is 69.0 Å². The average molecular weight is 1730 g/mol. The number of benzene rings is 19. The molecule has 0 amide bonds. The molecule has 0 N–H and O–H groups in total. The number of hydrogen-bond donors (Lipinski definition) is 0. The van der Waals surface area contributed by atoms with Crippen molar-refractivity contribution < 1.29 is 37.3 Å². The van der Waals surface area contributed by atoms with Crippen molar-refractivity contribution >= 4 is 186 Å². The van der Waals surface area contributed by atoms with Crippen LogP contribution in [0.4, 0.5) is 51.2 Å². The number of nitrogens with zero attached hydrogens (tertiary/aromatic N) is 3. The number of hydrogen-bond acceptors (Lipinski definition) is 11. The minimum Gasteiger partial charge on any atom is -0.458 e.